The molecule has 0 atom stereocenters. The SMILES string of the molecule is O=C(NCCSc1cn[nH]n1)c1cc2ccccc2s1. The van der Waals surface area contributed by atoms with Crippen LogP contribution in [0.2, 0.25) is 0 Å². The number of carbonyl (C=O) groups is 1. The van der Waals surface area contributed by atoms with E-state index in [1.165, 1.54) is 11.3 Å². The normalized spacial score (nSPS) is 10.8. The molecule has 20 heavy (non-hydrogen) atoms. The molecular weight excluding hydrogens is 292 g/mol. The number of benzene rings is 1. The lowest BCUT2D eigenvalue weighted by molar-refractivity contribution is 0.0960. The summed E-state index contributed by atoms with van der Waals surface area (Å²) < 4.78 is 1.13. The maximum absolute atomic E-state index is 12.0. The Kier molecular flexibility index (Phi) is 3.98. The van der Waals surface area contributed by atoms with Crippen LogP contribution in [0.25, 0.3) is 10.1 Å². The van der Waals surface area contributed by atoms with Crippen molar-refractivity contribution in [1.29, 1.82) is 0 Å². The van der Waals surface area contributed by atoms with Crippen molar-refractivity contribution in [2.45, 2.75) is 5.03 Å². The van der Waals surface area contributed by atoms with Crippen molar-refractivity contribution in [2.75, 3.05) is 12.3 Å². The number of hydrogen-bond donors (Lipinski definition) is 2. The predicted octanol–water partition coefficient (Wildman–Crippen LogP) is 2.54. The van der Waals surface area contributed by atoms with Gasteiger partial charge in [0.2, 0.25) is 0 Å². The van der Waals surface area contributed by atoms with Gasteiger partial charge < -0.3 is 5.32 Å². The van der Waals surface area contributed by atoms with Gasteiger partial charge in [0, 0.05) is 17.0 Å². The third kappa shape index (κ3) is 3.00. The maximum atomic E-state index is 12.0. The zero-order valence-electron chi connectivity index (χ0n) is 10.5. The van der Waals surface area contributed by atoms with Gasteiger partial charge >= 0.3 is 0 Å². The third-order valence-corrected chi connectivity index (χ3v) is 4.70. The number of H-pyrrole nitrogens is 1. The van der Waals surface area contributed by atoms with E-state index < -0.39 is 0 Å². The monoisotopic (exact) mass is 304 g/mol. The molecule has 0 unspecified atom stereocenters. The molecule has 2 aromatic heterocycles. The first-order valence-electron chi connectivity index (χ1n) is 6.08. The first-order chi connectivity index (χ1) is 9.83. The Morgan fingerprint density at radius 1 is 1.40 bits per heavy atom. The Labute approximate surface area is 123 Å². The fraction of sp³-hybridized carbons (Fsp3) is 0.154. The van der Waals surface area contributed by atoms with Crippen molar-refractivity contribution < 1.29 is 4.79 Å². The topological polar surface area (TPSA) is 70.7 Å². The lowest BCUT2D eigenvalue weighted by Crippen LogP contribution is -2.24. The van der Waals surface area contributed by atoms with Gasteiger partial charge in [-0.15, -0.1) is 28.2 Å². The van der Waals surface area contributed by atoms with E-state index in [0.29, 0.717) is 6.54 Å². The number of thiophene rings is 1. The second-order valence-electron chi connectivity index (χ2n) is 4.06. The minimum absolute atomic E-state index is 0.0213. The van der Waals surface area contributed by atoms with Crippen LogP contribution < -0.4 is 5.32 Å². The molecule has 0 radical (unpaired) electrons. The van der Waals surface area contributed by atoms with E-state index in [0.717, 1.165) is 25.7 Å². The Morgan fingerprint density at radius 3 is 3.10 bits per heavy atom. The number of nitrogens with zero attached hydrogens (tertiary/aromatic N) is 2. The standard InChI is InChI=1S/C13H12N4OS2/c18-13(14-5-6-19-12-8-15-17-16-12)11-7-9-3-1-2-4-10(9)20-11/h1-4,7-8H,5-6H2,(H,14,18)(H,15,16,17). The zero-order valence-corrected chi connectivity index (χ0v) is 12.1. The molecule has 7 heteroatoms. The number of aromatic nitrogens is 3. The van der Waals surface area contributed by atoms with Gasteiger partial charge in [-0.25, -0.2) is 0 Å². The van der Waals surface area contributed by atoms with Crippen LogP contribution in [0.15, 0.2) is 41.6 Å². The Morgan fingerprint density at radius 2 is 2.30 bits per heavy atom. The highest BCUT2D eigenvalue weighted by Gasteiger charge is 2.09. The minimum Gasteiger partial charge on any atom is -0.350 e. The average Bonchev–Trinajstić information content (AvgIpc) is 3.12. The molecule has 0 aliphatic carbocycles. The first kappa shape index (κ1) is 13.1. The van der Waals surface area contributed by atoms with Crippen molar-refractivity contribution >= 4 is 39.1 Å². The van der Waals surface area contributed by atoms with E-state index >= 15 is 0 Å². The quantitative estimate of drug-likeness (QED) is 0.561. The van der Waals surface area contributed by atoms with Crippen LogP contribution in [0.3, 0.4) is 0 Å². The van der Waals surface area contributed by atoms with Crippen LogP contribution in [0.1, 0.15) is 9.67 Å². The molecule has 0 aliphatic rings. The van der Waals surface area contributed by atoms with Crippen molar-refractivity contribution in [3.8, 4) is 0 Å². The number of fused-ring (bicyclic) bond motifs is 1. The van der Waals surface area contributed by atoms with Gasteiger partial charge in [0.15, 0.2) is 0 Å². The number of amides is 1. The van der Waals surface area contributed by atoms with E-state index in [1.54, 1.807) is 18.0 Å². The van der Waals surface area contributed by atoms with Gasteiger partial charge in [-0.3, -0.25) is 4.79 Å². The minimum atomic E-state index is -0.0213. The molecule has 2 N–H and O–H groups in total. The fourth-order valence-electron chi connectivity index (χ4n) is 1.76. The van der Waals surface area contributed by atoms with E-state index in [-0.39, 0.29) is 5.91 Å². The maximum Gasteiger partial charge on any atom is 0.261 e. The molecule has 0 spiro atoms. The number of nitrogens with one attached hydrogen (secondary N) is 2. The Hall–Kier alpha value is -1.86. The third-order valence-electron chi connectivity index (χ3n) is 2.68. The van der Waals surface area contributed by atoms with Crippen molar-refractivity contribution in [1.82, 2.24) is 20.7 Å². The molecule has 2 heterocycles. The number of rotatable bonds is 5. The molecule has 3 rings (SSSR count). The van der Waals surface area contributed by atoms with Gasteiger partial charge in [0.1, 0.15) is 5.03 Å². The van der Waals surface area contributed by atoms with Crippen LogP contribution in [0, 0.1) is 0 Å². The van der Waals surface area contributed by atoms with Crippen molar-refractivity contribution in [3.63, 3.8) is 0 Å². The molecule has 1 amide bonds. The summed E-state index contributed by atoms with van der Waals surface area (Å²) in [6.07, 6.45) is 1.67. The molecule has 0 bridgehead atoms. The van der Waals surface area contributed by atoms with Crippen LogP contribution in [-0.4, -0.2) is 33.6 Å². The van der Waals surface area contributed by atoms with E-state index in [2.05, 4.69) is 20.7 Å². The summed E-state index contributed by atoms with van der Waals surface area (Å²) in [5, 5.41) is 15.1. The average molecular weight is 304 g/mol. The van der Waals surface area contributed by atoms with Crippen molar-refractivity contribution in [3.05, 3.63) is 41.4 Å². The molecule has 0 saturated carbocycles. The number of aromatic amines is 1. The van der Waals surface area contributed by atoms with E-state index in [4.69, 9.17) is 0 Å². The van der Waals surface area contributed by atoms with Crippen LogP contribution in [0.5, 0.6) is 0 Å². The molecule has 0 aliphatic heterocycles. The smallest absolute Gasteiger partial charge is 0.261 e. The molecule has 5 nitrogen and oxygen atoms in total. The lowest BCUT2D eigenvalue weighted by atomic mass is 10.2. The summed E-state index contributed by atoms with van der Waals surface area (Å²) in [5.41, 5.74) is 0. The second-order valence-corrected chi connectivity index (χ2v) is 6.26. The summed E-state index contributed by atoms with van der Waals surface area (Å²) in [4.78, 5) is 12.8. The highest BCUT2D eigenvalue weighted by atomic mass is 32.2. The molecule has 0 saturated heterocycles. The summed E-state index contributed by atoms with van der Waals surface area (Å²) >= 11 is 3.07. The lowest BCUT2D eigenvalue weighted by Gasteiger charge is -2.01. The van der Waals surface area contributed by atoms with Gasteiger partial charge in [-0.2, -0.15) is 10.3 Å². The van der Waals surface area contributed by atoms with Crippen molar-refractivity contribution in [2.24, 2.45) is 0 Å². The Balaban J connectivity index is 1.53. The summed E-state index contributed by atoms with van der Waals surface area (Å²) in [6.45, 7) is 0.602. The zero-order chi connectivity index (χ0) is 13.8. The van der Waals surface area contributed by atoms with Gasteiger partial charge in [-0.1, -0.05) is 18.2 Å². The summed E-state index contributed by atoms with van der Waals surface area (Å²) in [7, 11) is 0. The van der Waals surface area contributed by atoms with Crippen LogP contribution in [-0.2, 0) is 0 Å². The molecular formula is C13H12N4OS2. The molecule has 0 fully saturated rings. The molecule has 102 valence electrons. The van der Waals surface area contributed by atoms with Gasteiger partial charge in [0.25, 0.3) is 5.91 Å². The van der Waals surface area contributed by atoms with Crippen LogP contribution in [0.4, 0.5) is 0 Å². The number of hydrogen-bond acceptors (Lipinski definition) is 5. The first-order valence-corrected chi connectivity index (χ1v) is 7.88. The largest absolute Gasteiger partial charge is 0.350 e. The summed E-state index contributed by atoms with van der Waals surface area (Å²) in [6, 6.07) is 9.93. The molecule has 1 aromatic carbocycles. The highest BCUT2D eigenvalue weighted by Crippen LogP contribution is 2.25. The van der Waals surface area contributed by atoms with Gasteiger partial charge in [-0.05, 0) is 17.5 Å². The number of carbonyl (C=O) groups excluding carboxylic acids is 1. The number of thioether (sulfide) groups is 1. The highest BCUT2D eigenvalue weighted by molar-refractivity contribution is 7.99. The predicted molar refractivity (Wildman–Crippen MR) is 81.3 cm³/mol. The Bertz CT molecular complexity index is 675. The fourth-order valence-corrected chi connectivity index (χ4v) is 3.39. The van der Waals surface area contributed by atoms with Gasteiger partial charge in [0.05, 0.1) is 11.1 Å². The van der Waals surface area contributed by atoms with E-state index in [1.807, 2.05) is 30.3 Å². The van der Waals surface area contributed by atoms with Crippen LogP contribution >= 0.6 is 23.1 Å². The summed E-state index contributed by atoms with van der Waals surface area (Å²) in [5.74, 6) is 0.746. The molecule has 3 aromatic rings. The second kappa shape index (κ2) is 6.06. The van der Waals surface area contributed by atoms with E-state index in [9.17, 15) is 4.79 Å².